The van der Waals surface area contributed by atoms with E-state index in [0.29, 0.717) is 6.42 Å². The van der Waals surface area contributed by atoms with Crippen molar-refractivity contribution in [1.82, 2.24) is 9.66 Å². The molecule has 1 aliphatic carbocycles. The Hall–Kier alpha value is -1.26. The average molecular weight is 284 g/mol. The van der Waals surface area contributed by atoms with Crippen LogP contribution in [0, 0.1) is 5.41 Å². The zero-order valence-electron chi connectivity index (χ0n) is 9.65. The number of alkyl halides is 2. The van der Waals surface area contributed by atoms with E-state index >= 15 is 0 Å². The minimum atomic E-state index is -0.965. The van der Waals surface area contributed by atoms with Crippen LogP contribution in [-0.2, 0) is 4.79 Å². The normalized spacial score (nSPS) is 25.1. The van der Waals surface area contributed by atoms with Crippen molar-refractivity contribution in [2.24, 2.45) is 5.41 Å². The van der Waals surface area contributed by atoms with Crippen LogP contribution in [0.3, 0.4) is 0 Å². The van der Waals surface area contributed by atoms with E-state index in [1.165, 1.54) is 0 Å². The van der Waals surface area contributed by atoms with E-state index in [2.05, 4.69) is 10.4 Å². The van der Waals surface area contributed by atoms with Crippen molar-refractivity contribution < 1.29 is 4.79 Å². The van der Waals surface area contributed by atoms with Gasteiger partial charge in [0.2, 0.25) is 5.91 Å². The van der Waals surface area contributed by atoms with Gasteiger partial charge in [0.25, 0.3) is 0 Å². The summed E-state index contributed by atoms with van der Waals surface area (Å²) >= 11 is 12.0. The molecule has 1 fully saturated rings. The number of benzene rings is 1. The quantitative estimate of drug-likeness (QED) is 0.862. The molecule has 0 aliphatic heterocycles. The largest absolute Gasteiger partial charge is 0.272 e. The van der Waals surface area contributed by atoms with Crippen LogP contribution in [0.5, 0.6) is 0 Å². The average Bonchev–Trinajstić information content (AvgIpc) is 2.71. The van der Waals surface area contributed by atoms with Crippen LogP contribution in [0.25, 0.3) is 11.0 Å². The number of para-hydroxylation sites is 2. The standard InChI is InChI=1S/C12H11Cl2N3O/c1-11(6-12(11,13)14)10(18)16-17-7-15-8-4-2-3-5-9(8)17/h2-5,7H,6H2,1H3,(H,16,18). The number of halogens is 2. The van der Waals surface area contributed by atoms with E-state index < -0.39 is 9.75 Å². The molecule has 0 spiro atoms. The van der Waals surface area contributed by atoms with Gasteiger partial charge in [-0.25, -0.2) is 9.66 Å². The molecule has 3 rings (SSSR count). The Morgan fingerprint density at radius 2 is 2.11 bits per heavy atom. The van der Waals surface area contributed by atoms with Gasteiger partial charge in [-0.3, -0.25) is 10.2 Å². The molecule has 0 radical (unpaired) electrons. The number of imidazole rings is 1. The smallest absolute Gasteiger partial charge is 0.247 e. The van der Waals surface area contributed by atoms with Crippen LogP contribution in [0.15, 0.2) is 30.6 Å². The van der Waals surface area contributed by atoms with Gasteiger partial charge in [0.1, 0.15) is 10.7 Å². The molecule has 1 unspecified atom stereocenters. The van der Waals surface area contributed by atoms with Crippen molar-refractivity contribution >= 4 is 40.1 Å². The fourth-order valence-electron chi connectivity index (χ4n) is 1.93. The van der Waals surface area contributed by atoms with Crippen molar-refractivity contribution in [2.75, 3.05) is 5.43 Å². The molecule has 6 heteroatoms. The summed E-state index contributed by atoms with van der Waals surface area (Å²) in [7, 11) is 0. The number of carbonyl (C=O) groups excluding carboxylic acids is 1. The number of amides is 1. The Labute approximate surface area is 114 Å². The van der Waals surface area contributed by atoms with Gasteiger partial charge < -0.3 is 0 Å². The lowest BCUT2D eigenvalue weighted by molar-refractivity contribution is -0.121. The molecule has 1 N–H and O–H groups in total. The van der Waals surface area contributed by atoms with E-state index in [-0.39, 0.29) is 5.91 Å². The first-order valence-electron chi connectivity index (χ1n) is 5.55. The lowest BCUT2D eigenvalue weighted by Gasteiger charge is -2.13. The molecule has 1 aromatic heterocycles. The fraction of sp³-hybridized carbons (Fsp3) is 0.333. The molecule has 1 aliphatic rings. The summed E-state index contributed by atoms with van der Waals surface area (Å²) < 4.78 is 0.624. The molecule has 4 nitrogen and oxygen atoms in total. The zero-order chi connectivity index (χ0) is 13.0. The van der Waals surface area contributed by atoms with Crippen LogP contribution >= 0.6 is 23.2 Å². The predicted molar refractivity (Wildman–Crippen MR) is 71.3 cm³/mol. The number of carbonyl (C=O) groups is 1. The lowest BCUT2D eigenvalue weighted by Crippen LogP contribution is -2.31. The topological polar surface area (TPSA) is 46.9 Å². The number of rotatable bonds is 2. The SMILES string of the molecule is CC1(C(=O)Nn2cnc3ccccc32)CC1(Cl)Cl. The van der Waals surface area contributed by atoms with Crippen LogP contribution in [0.1, 0.15) is 13.3 Å². The Balaban J connectivity index is 1.88. The number of hydrogen-bond donors (Lipinski definition) is 1. The van der Waals surface area contributed by atoms with Crippen molar-refractivity contribution in [3.63, 3.8) is 0 Å². The minimum Gasteiger partial charge on any atom is -0.272 e. The van der Waals surface area contributed by atoms with Gasteiger partial charge in [-0.15, -0.1) is 23.2 Å². The Morgan fingerprint density at radius 1 is 1.44 bits per heavy atom. The first-order chi connectivity index (χ1) is 8.44. The molecule has 1 amide bonds. The molecular weight excluding hydrogens is 273 g/mol. The van der Waals surface area contributed by atoms with E-state index in [1.807, 2.05) is 24.3 Å². The van der Waals surface area contributed by atoms with Crippen molar-refractivity contribution in [2.45, 2.75) is 17.7 Å². The van der Waals surface area contributed by atoms with Gasteiger partial charge in [0, 0.05) is 0 Å². The molecule has 2 aromatic rings. The van der Waals surface area contributed by atoms with E-state index in [4.69, 9.17) is 23.2 Å². The summed E-state index contributed by atoms with van der Waals surface area (Å²) in [6.45, 7) is 1.75. The predicted octanol–water partition coefficient (Wildman–Crippen LogP) is 2.69. The molecular formula is C12H11Cl2N3O. The van der Waals surface area contributed by atoms with Gasteiger partial charge in [0.15, 0.2) is 0 Å². The Morgan fingerprint density at radius 3 is 2.78 bits per heavy atom. The summed E-state index contributed by atoms with van der Waals surface area (Å²) in [5, 5.41) is 0. The molecule has 1 heterocycles. The summed E-state index contributed by atoms with van der Waals surface area (Å²) in [5.41, 5.74) is 3.69. The minimum absolute atomic E-state index is 0.198. The van der Waals surface area contributed by atoms with E-state index in [1.54, 1.807) is 17.9 Å². The monoisotopic (exact) mass is 283 g/mol. The summed E-state index contributed by atoms with van der Waals surface area (Å²) in [6.07, 6.45) is 2.03. The van der Waals surface area contributed by atoms with Crippen LogP contribution in [-0.4, -0.2) is 19.9 Å². The first kappa shape index (κ1) is 11.8. The highest BCUT2D eigenvalue weighted by atomic mass is 35.5. The van der Waals surface area contributed by atoms with Gasteiger partial charge in [-0.2, -0.15) is 0 Å². The van der Waals surface area contributed by atoms with E-state index in [9.17, 15) is 4.79 Å². The van der Waals surface area contributed by atoms with Crippen LogP contribution in [0.4, 0.5) is 0 Å². The second-order valence-corrected chi connectivity index (χ2v) is 6.24. The molecule has 0 saturated heterocycles. The van der Waals surface area contributed by atoms with Crippen LogP contribution < -0.4 is 5.43 Å². The second-order valence-electron chi connectivity index (χ2n) is 4.76. The van der Waals surface area contributed by atoms with Gasteiger partial charge in [0.05, 0.1) is 16.4 Å². The third kappa shape index (κ3) is 1.60. The van der Waals surface area contributed by atoms with Crippen molar-refractivity contribution in [1.29, 1.82) is 0 Å². The van der Waals surface area contributed by atoms with Gasteiger partial charge in [-0.05, 0) is 25.5 Å². The zero-order valence-corrected chi connectivity index (χ0v) is 11.2. The lowest BCUT2D eigenvalue weighted by atomic mass is 10.1. The van der Waals surface area contributed by atoms with Crippen molar-refractivity contribution in [3.05, 3.63) is 30.6 Å². The molecule has 1 saturated carbocycles. The number of hydrogen-bond acceptors (Lipinski definition) is 2. The van der Waals surface area contributed by atoms with Gasteiger partial charge >= 0.3 is 0 Å². The van der Waals surface area contributed by atoms with Gasteiger partial charge in [-0.1, -0.05) is 12.1 Å². The molecule has 94 valence electrons. The maximum absolute atomic E-state index is 12.1. The number of nitrogens with one attached hydrogen (secondary N) is 1. The maximum atomic E-state index is 12.1. The van der Waals surface area contributed by atoms with Crippen molar-refractivity contribution in [3.8, 4) is 0 Å². The highest BCUT2D eigenvalue weighted by Crippen LogP contribution is 2.63. The molecule has 0 bridgehead atoms. The molecule has 1 aromatic carbocycles. The summed E-state index contributed by atoms with van der Waals surface area (Å²) in [4.78, 5) is 16.3. The Bertz CT molecular complexity index is 637. The van der Waals surface area contributed by atoms with Crippen LogP contribution in [0.2, 0.25) is 0 Å². The molecule has 18 heavy (non-hydrogen) atoms. The third-order valence-corrected chi connectivity index (χ3v) is 4.54. The third-order valence-electron chi connectivity index (χ3n) is 3.43. The maximum Gasteiger partial charge on any atom is 0.247 e. The highest BCUT2D eigenvalue weighted by Gasteiger charge is 2.68. The summed E-state index contributed by atoms with van der Waals surface area (Å²) in [5.74, 6) is -0.198. The number of fused-ring (bicyclic) bond motifs is 1. The summed E-state index contributed by atoms with van der Waals surface area (Å²) in [6, 6.07) is 7.54. The Kier molecular flexibility index (Phi) is 2.37. The fourth-order valence-corrected chi connectivity index (χ4v) is 2.63. The molecule has 1 atom stereocenters. The number of nitrogens with zero attached hydrogens (tertiary/aromatic N) is 2. The highest BCUT2D eigenvalue weighted by molar-refractivity contribution is 6.53. The first-order valence-corrected chi connectivity index (χ1v) is 6.31. The number of aromatic nitrogens is 2. The second kappa shape index (κ2) is 3.62. The van der Waals surface area contributed by atoms with E-state index in [0.717, 1.165) is 11.0 Å².